The minimum absolute atomic E-state index is 0.0927. The molecule has 1 heterocycles. The van der Waals surface area contributed by atoms with E-state index in [0.717, 1.165) is 5.69 Å². The summed E-state index contributed by atoms with van der Waals surface area (Å²) >= 11 is 0. The lowest BCUT2D eigenvalue weighted by Gasteiger charge is -2.04. The van der Waals surface area contributed by atoms with E-state index >= 15 is 0 Å². The second kappa shape index (κ2) is 4.47. The highest BCUT2D eigenvalue weighted by Gasteiger charge is 2.02. The van der Waals surface area contributed by atoms with Crippen LogP contribution in [0.15, 0.2) is 24.4 Å². The Morgan fingerprint density at radius 2 is 2.42 bits per heavy atom. The molecule has 1 aromatic rings. The molecule has 3 heteroatoms. The van der Waals surface area contributed by atoms with Crippen molar-refractivity contribution in [3.05, 3.63) is 30.1 Å². The first-order valence-electron chi connectivity index (χ1n) is 3.85. The first kappa shape index (κ1) is 8.69. The van der Waals surface area contributed by atoms with Crippen molar-refractivity contribution in [2.24, 2.45) is 5.73 Å². The molecular formula is C9H11N3. The molecule has 0 aliphatic rings. The highest BCUT2D eigenvalue weighted by Crippen LogP contribution is 1.99. The normalized spacial score (nSPS) is 12.0. The number of nitrogens with two attached hydrogens (primary N) is 1. The van der Waals surface area contributed by atoms with Crippen molar-refractivity contribution in [3.8, 4) is 6.07 Å². The van der Waals surface area contributed by atoms with Crippen LogP contribution in [-0.4, -0.2) is 11.0 Å². The van der Waals surface area contributed by atoms with Crippen molar-refractivity contribution in [1.29, 1.82) is 5.26 Å². The number of nitrogens with zero attached hydrogens (tertiary/aromatic N) is 2. The van der Waals surface area contributed by atoms with Crippen LogP contribution in [0.4, 0.5) is 0 Å². The monoisotopic (exact) mass is 161 g/mol. The third-order valence-electron chi connectivity index (χ3n) is 1.55. The van der Waals surface area contributed by atoms with E-state index in [0.29, 0.717) is 12.8 Å². The highest BCUT2D eigenvalue weighted by molar-refractivity contribution is 5.05. The van der Waals surface area contributed by atoms with Crippen LogP contribution >= 0.6 is 0 Å². The largest absolute Gasteiger partial charge is 0.326 e. The van der Waals surface area contributed by atoms with Crippen LogP contribution in [0.1, 0.15) is 12.1 Å². The predicted molar refractivity (Wildman–Crippen MR) is 46.1 cm³/mol. The first-order chi connectivity index (χ1) is 5.83. The summed E-state index contributed by atoms with van der Waals surface area (Å²) in [5.41, 5.74) is 6.60. The van der Waals surface area contributed by atoms with Gasteiger partial charge in [0.1, 0.15) is 0 Å². The number of rotatable bonds is 3. The number of hydrogen-bond acceptors (Lipinski definition) is 3. The van der Waals surface area contributed by atoms with Gasteiger partial charge in [0.25, 0.3) is 0 Å². The smallest absolute Gasteiger partial charge is 0.0638 e. The van der Waals surface area contributed by atoms with Crippen molar-refractivity contribution in [2.45, 2.75) is 18.9 Å². The molecule has 0 bridgehead atoms. The van der Waals surface area contributed by atoms with E-state index in [9.17, 15) is 0 Å². The maximum atomic E-state index is 8.36. The van der Waals surface area contributed by atoms with E-state index in [1.54, 1.807) is 6.20 Å². The zero-order valence-corrected chi connectivity index (χ0v) is 6.77. The lowest BCUT2D eigenvalue weighted by Crippen LogP contribution is -2.22. The highest BCUT2D eigenvalue weighted by atomic mass is 14.7. The summed E-state index contributed by atoms with van der Waals surface area (Å²) in [5.74, 6) is 0. The van der Waals surface area contributed by atoms with E-state index < -0.39 is 0 Å². The van der Waals surface area contributed by atoms with Crippen molar-refractivity contribution < 1.29 is 0 Å². The van der Waals surface area contributed by atoms with Crippen LogP contribution in [0, 0.1) is 11.3 Å². The van der Waals surface area contributed by atoms with Gasteiger partial charge < -0.3 is 5.73 Å². The quantitative estimate of drug-likeness (QED) is 0.715. The molecule has 1 aromatic heterocycles. The Labute approximate surface area is 71.8 Å². The lowest BCUT2D eigenvalue weighted by molar-refractivity contribution is 0.673. The molecule has 0 saturated heterocycles. The van der Waals surface area contributed by atoms with Gasteiger partial charge in [-0.05, 0) is 12.1 Å². The molecule has 0 amide bonds. The van der Waals surface area contributed by atoms with Gasteiger partial charge in [-0.25, -0.2) is 0 Å². The number of aromatic nitrogens is 1. The minimum atomic E-state index is -0.0927. The Balaban J connectivity index is 2.48. The predicted octanol–water partition coefficient (Wildman–Crippen LogP) is 0.865. The fourth-order valence-corrected chi connectivity index (χ4v) is 0.977. The molecule has 12 heavy (non-hydrogen) atoms. The van der Waals surface area contributed by atoms with Gasteiger partial charge in [-0.15, -0.1) is 0 Å². The third kappa shape index (κ3) is 2.69. The van der Waals surface area contributed by atoms with Gasteiger partial charge in [0, 0.05) is 24.4 Å². The number of nitriles is 1. The standard InChI is InChI=1S/C9H11N3/c10-5-4-8(11)7-9-3-1-2-6-12-9/h1-3,6,8H,4,7,11H2/t8-/m1/s1. The Kier molecular flexibility index (Phi) is 3.24. The summed E-state index contributed by atoms with van der Waals surface area (Å²) in [7, 11) is 0. The molecule has 0 radical (unpaired) electrons. The molecule has 0 unspecified atom stereocenters. The molecule has 1 rings (SSSR count). The van der Waals surface area contributed by atoms with Crippen LogP contribution in [0.2, 0.25) is 0 Å². The van der Waals surface area contributed by atoms with Crippen LogP contribution in [-0.2, 0) is 6.42 Å². The van der Waals surface area contributed by atoms with Crippen LogP contribution < -0.4 is 5.73 Å². The number of pyridine rings is 1. The van der Waals surface area contributed by atoms with Gasteiger partial charge in [-0.1, -0.05) is 6.07 Å². The Morgan fingerprint density at radius 1 is 1.58 bits per heavy atom. The molecule has 0 fully saturated rings. The van der Waals surface area contributed by atoms with Gasteiger partial charge in [0.15, 0.2) is 0 Å². The molecule has 1 atom stereocenters. The van der Waals surface area contributed by atoms with Crippen molar-refractivity contribution >= 4 is 0 Å². The summed E-state index contributed by atoms with van der Waals surface area (Å²) in [6, 6.07) is 7.63. The third-order valence-corrected chi connectivity index (χ3v) is 1.55. The average molecular weight is 161 g/mol. The molecule has 2 N–H and O–H groups in total. The molecular weight excluding hydrogens is 150 g/mol. The van der Waals surface area contributed by atoms with Crippen LogP contribution in [0.5, 0.6) is 0 Å². The summed E-state index contributed by atoms with van der Waals surface area (Å²) in [6.45, 7) is 0. The zero-order chi connectivity index (χ0) is 8.81. The van der Waals surface area contributed by atoms with Gasteiger partial charge >= 0.3 is 0 Å². The molecule has 0 saturated carbocycles. The summed E-state index contributed by atoms with van der Waals surface area (Å²) in [5, 5.41) is 8.36. The molecule has 0 aliphatic heterocycles. The first-order valence-corrected chi connectivity index (χ1v) is 3.85. The van der Waals surface area contributed by atoms with Gasteiger partial charge in [0.05, 0.1) is 12.5 Å². The Bertz CT molecular complexity index is 263. The van der Waals surface area contributed by atoms with E-state index in [2.05, 4.69) is 4.98 Å². The van der Waals surface area contributed by atoms with Crippen molar-refractivity contribution in [2.75, 3.05) is 0 Å². The van der Waals surface area contributed by atoms with Crippen LogP contribution in [0.3, 0.4) is 0 Å². The van der Waals surface area contributed by atoms with Crippen molar-refractivity contribution in [1.82, 2.24) is 4.98 Å². The molecule has 0 spiro atoms. The van der Waals surface area contributed by atoms with Gasteiger partial charge in [-0.3, -0.25) is 4.98 Å². The topological polar surface area (TPSA) is 62.7 Å². The molecule has 0 aromatic carbocycles. The second-order valence-electron chi connectivity index (χ2n) is 2.65. The molecule has 3 nitrogen and oxygen atoms in total. The van der Waals surface area contributed by atoms with E-state index in [4.69, 9.17) is 11.0 Å². The van der Waals surface area contributed by atoms with Gasteiger partial charge in [-0.2, -0.15) is 5.26 Å². The summed E-state index contributed by atoms with van der Waals surface area (Å²) in [6.07, 6.45) is 2.79. The molecule has 62 valence electrons. The molecule has 0 aliphatic carbocycles. The minimum Gasteiger partial charge on any atom is -0.326 e. The van der Waals surface area contributed by atoms with Crippen LogP contribution in [0.25, 0.3) is 0 Å². The fraction of sp³-hybridized carbons (Fsp3) is 0.333. The van der Waals surface area contributed by atoms with Gasteiger partial charge in [0.2, 0.25) is 0 Å². The van der Waals surface area contributed by atoms with Crippen molar-refractivity contribution in [3.63, 3.8) is 0 Å². The maximum absolute atomic E-state index is 8.36. The number of hydrogen-bond donors (Lipinski definition) is 1. The zero-order valence-electron chi connectivity index (χ0n) is 6.77. The summed E-state index contributed by atoms with van der Waals surface area (Å²) in [4.78, 5) is 4.11. The summed E-state index contributed by atoms with van der Waals surface area (Å²) < 4.78 is 0. The van der Waals surface area contributed by atoms with E-state index in [1.807, 2.05) is 24.3 Å². The average Bonchev–Trinajstić information content (AvgIpc) is 2.06. The van der Waals surface area contributed by atoms with E-state index in [1.165, 1.54) is 0 Å². The fourth-order valence-electron chi connectivity index (χ4n) is 0.977. The lowest BCUT2D eigenvalue weighted by atomic mass is 10.1. The van der Waals surface area contributed by atoms with E-state index in [-0.39, 0.29) is 6.04 Å². The second-order valence-corrected chi connectivity index (χ2v) is 2.65. The SMILES string of the molecule is N#CC[C@@H](N)Cc1ccccn1. The Morgan fingerprint density at radius 3 is 3.00 bits per heavy atom. The Hall–Kier alpha value is -1.40. The maximum Gasteiger partial charge on any atom is 0.0638 e.